The Morgan fingerprint density at radius 2 is 1.85 bits per heavy atom. The standard InChI is InChI=1S/C28H29F3N6O2S/c1-16(2)37-13-12-36(15-17(37)3)26-33-21(19-8-10-20(11-9-19)28(29,30)31)14-24(34-26)39-22-6-5-7-23-25(22)35-27(40-23)32-18(4)38/h5-11,14,16-17H,12-13,15H2,1-4H3,(H,32,35,38)/t17-/m1/s1. The molecule has 0 unspecified atom stereocenters. The topological polar surface area (TPSA) is 83.5 Å². The molecule has 210 valence electrons. The summed E-state index contributed by atoms with van der Waals surface area (Å²) >= 11 is 1.32. The third-order valence-electron chi connectivity index (χ3n) is 6.70. The van der Waals surface area contributed by atoms with Crippen molar-refractivity contribution in [2.75, 3.05) is 29.9 Å². The highest BCUT2D eigenvalue weighted by Gasteiger charge is 2.30. The van der Waals surface area contributed by atoms with Crippen LogP contribution in [0.1, 0.15) is 33.3 Å². The highest BCUT2D eigenvalue weighted by molar-refractivity contribution is 7.22. The molecule has 1 amide bonds. The van der Waals surface area contributed by atoms with Crippen molar-refractivity contribution >= 4 is 38.5 Å². The maximum absolute atomic E-state index is 13.2. The van der Waals surface area contributed by atoms with Crippen LogP contribution >= 0.6 is 11.3 Å². The smallest absolute Gasteiger partial charge is 0.416 e. The number of aromatic nitrogens is 3. The molecule has 1 saturated heterocycles. The van der Waals surface area contributed by atoms with E-state index >= 15 is 0 Å². The van der Waals surface area contributed by atoms with Gasteiger partial charge in [0.1, 0.15) is 5.52 Å². The zero-order valence-electron chi connectivity index (χ0n) is 22.5. The number of para-hydroxylation sites is 1. The lowest BCUT2D eigenvalue weighted by atomic mass is 10.1. The van der Waals surface area contributed by atoms with E-state index in [1.54, 1.807) is 12.1 Å². The summed E-state index contributed by atoms with van der Waals surface area (Å²) in [5.41, 5.74) is 0.782. The predicted molar refractivity (Wildman–Crippen MR) is 150 cm³/mol. The van der Waals surface area contributed by atoms with E-state index in [-0.39, 0.29) is 17.8 Å². The van der Waals surface area contributed by atoms with Crippen molar-refractivity contribution in [2.45, 2.75) is 46.0 Å². The molecule has 1 aliphatic heterocycles. The second-order valence-corrected chi connectivity index (χ2v) is 11.0. The van der Waals surface area contributed by atoms with E-state index in [1.807, 2.05) is 12.1 Å². The van der Waals surface area contributed by atoms with E-state index in [9.17, 15) is 18.0 Å². The largest absolute Gasteiger partial charge is 0.437 e. The van der Waals surface area contributed by atoms with Gasteiger partial charge in [-0.1, -0.05) is 29.5 Å². The first-order valence-electron chi connectivity index (χ1n) is 12.9. The molecule has 1 atom stereocenters. The van der Waals surface area contributed by atoms with Crippen LogP contribution in [0.2, 0.25) is 0 Å². The number of benzene rings is 2. The summed E-state index contributed by atoms with van der Waals surface area (Å²) in [6.07, 6.45) is -4.43. The molecule has 0 saturated carbocycles. The molecule has 40 heavy (non-hydrogen) atoms. The fourth-order valence-electron chi connectivity index (χ4n) is 4.83. The zero-order valence-corrected chi connectivity index (χ0v) is 23.3. The molecule has 0 aliphatic carbocycles. The van der Waals surface area contributed by atoms with Crippen molar-refractivity contribution < 1.29 is 22.7 Å². The van der Waals surface area contributed by atoms with Crippen molar-refractivity contribution in [1.82, 2.24) is 19.9 Å². The number of thiazole rings is 1. The molecule has 0 bridgehead atoms. The number of ether oxygens (including phenoxy) is 1. The predicted octanol–water partition coefficient (Wildman–Crippen LogP) is 6.44. The number of nitrogens with zero attached hydrogens (tertiary/aromatic N) is 5. The summed E-state index contributed by atoms with van der Waals surface area (Å²) < 4.78 is 46.6. The van der Waals surface area contributed by atoms with Gasteiger partial charge in [-0.15, -0.1) is 0 Å². The molecule has 1 N–H and O–H groups in total. The minimum absolute atomic E-state index is 0.227. The Balaban J connectivity index is 1.53. The van der Waals surface area contributed by atoms with Crippen molar-refractivity contribution in [3.05, 3.63) is 54.1 Å². The maximum atomic E-state index is 13.2. The molecule has 5 rings (SSSR count). The normalized spacial score (nSPS) is 16.5. The number of rotatable bonds is 6. The number of piperazine rings is 1. The van der Waals surface area contributed by atoms with Gasteiger partial charge in [-0.25, -0.2) is 9.97 Å². The van der Waals surface area contributed by atoms with Gasteiger partial charge in [0.2, 0.25) is 17.7 Å². The van der Waals surface area contributed by atoms with Crippen LogP contribution in [0.3, 0.4) is 0 Å². The van der Waals surface area contributed by atoms with Gasteiger partial charge in [0, 0.05) is 50.3 Å². The van der Waals surface area contributed by atoms with Gasteiger partial charge in [0.05, 0.1) is 16.0 Å². The average Bonchev–Trinajstić information content (AvgIpc) is 3.30. The van der Waals surface area contributed by atoms with E-state index in [0.717, 1.165) is 23.4 Å². The lowest BCUT2D eigenvalue weighted by Crippen LogP contribution is -2.54. The van der Waals surface area contributed by atoms with Crippen molar-refractivity contribution in [2.24, 2.45) is 0 Å². The summed E-state index contributed by atoms with van der Waals surface area (Å²) in [6, 6.07) is 12.6. The van der Waals surface area contributed by atoms with Gasteiger partial charge < -0.3 is 15.0 Å². The summed E-state index contributed by atoms with van der Waals surface area (Å²) in [5, 5.41) is 3.14. The lowest BCUT2D eigenvalue weighted by molar-refractivity contribution is -0.137. The van der Waals surface area contributed by atoms with Crippen molar-refractivity contribution in [3.8, 4) is 22.9 Å². The first-order chi connectivity index (χ1) is 19.0. The van der Waals surface area contributed by atoms with Gasteiger partial charge in [-0.05, 0) is 45.0 Å². The first-order valence-corrected chi connectivity index (χ1v) is 13.7. The van der Waals surface area contributed by atoms with Crippen LogP contribution in [-0.4, -0.2) is 57.5 Å². The fraction of sp³-hybridized carbons (Fsp3) is 0.357. The minimum atomic E-state index is -4.43. The number of hydrogen-bond donors (Lipinski definition) is 1. The number of anilines is 2. The summed E-state index contributed by atoms with van der Waals surface area (Å²) in [5.74, 6) is 0.883. The SMILES string of the molecule is CC(=O)Nc1nc2c(Oc3cc(-c4ccc(C(F)(F)F)cc4)nc(N4CCN(C(C)C)[C@H](C)C4)n3)cccc2s1. The molecule has 1 fully saturated rings. The van der Waals surface area contributed by atoms with Gasteiger partial charge in [0.15, 0.2) is 10.9 Å². The van der Waals surface area contributed by atoms with Crippen molar-refractivity contribution in [1.29, 1.82) is 0 Å². The Kier molecular flexibility index (Phi) is 7.65. The second-order valence-electron chi connectivity index (χ2n) is 10.00. The Hall–Kier alpha value is -3.77. The van der Waals surface area contributed by atoms with Crippen LogP contribution in [0.5, 0.6) is 11.6 Å². The average molecular weight is 571 g/mol. The van der Waals surface area contributed by atoms with Gasteiger partial charge >= 0.3 is 6.18 Å². The zero-order chi connectivity index (χ0) is 28.6. The third kappa shape index (κ3) is 6.02. The first kappa shape index (κ1) is 27.8. The molecule has 4 aromatic rings. The third-order valence-corrected chi connectivity index (χ3v) is 7.64. The van der Waals surface area contributed by atoms with Gasteiger partial charge in [0.25, 0.3) is 0 Å². The summed E-state index contributed by atoms with van der Waals surface area (Å²) in [7, 11) is 0. The summed E-state index contributed by atoms with van der Waals surface area (Å²) in [4.78, 5) is 29.9. The molecular weight excluding hydrogens is 541 g/mol. The number of carbonyl (C=O) groups excluding carboxylic acids is 1. The Morgan fingerprint density at radius 1 is 1.10 bits per heavy atom. The quantitative estimate of drug-likeness (QED) is 0.286. The van der Waals surface area contributed by atoms with Crippen LogP contribution in [0.4, 0.5) is 24.3 Å². The van der Waals surface area contributed by atoms with E-state index < -0.39 is 11.7 Å². The van der Waals surface area contributed by atoms with E-state index in [2.05, 4.69) is 40.9 Å². The van der Waals surface area contributed by atoms with Crippen LogP contribution in [0.25, 0.3) is 21.5 Å². The van der Waals surface area contributed by atoms with E-state index in [1.165, 1.54) is 30.4 Å². The molecule has 1 aliphatic rings. The molecule has 2 aromatic heterocycles. The van der Waals surface area contributed by atoms with Crippen LogP contribution in [-0.2, 0) is 11.0 Å². The second kappa shape index (κ2) is 11.0. The van der Waals surface area contributed by atoms with Crippen LogP contribution < -0.4 is 15.0 Å². The molecule has 3 heterocycles. The summed E-state index contributed by atoms with van der Waals surface area (Å²) in [6.45, 7) is 10.1. The molecule has 0 spiro atoms. The van der Waals surface area contributed by atoms with Gasteiger partial charge in [-0.3, -0.25) is 9.69 Å². The highest BCUT2D eigenvalue weighted by atomic mass is 32.1. The van der Waals surface area contributed by atoms with Crippen molar-refractivity contribution in [3.63, 3.8) is 0 Å². The molecule has 0 radical (unpaired) electrons. The fourth-order valence-corrected chi connectivity index (χ4v) is 5.76. The lowest BCUT2D eigenvalue weighted by Gasteiger charge is -2.42. The number of carbonyl (C=O) groups is 1. The molecule has 12 heteroatoms. The Labute approximate surface area is 233 Å². The number of fused-ring (bicyclic) bond motifs is 1. The monoisotopic (exact) mass is 570 g/mol. The number of alkyl halides is 3. The molecule has 2 aromatic carbocycles. The van der Waals surface area contributed by atoms with E-state index in [0.29, 0.717) is 52.7 Å². The Morgan fingerprint density at radius 3 is 2.50 bits per heavy atom. The number of hydrogen-bond acceptors (Lipinski definition) is 8. The molecule has 8 nitrogen and oxygen atoms in total. The Bertz CT molecular complexity index is 1520. The number of amides is 1. The van der Waals surface area contributed by atoms with Crippen LogP contribution in [0.15, 0.2) is 48.5 Å². The highest BCUT2D eigenvalue weighted by Crippen LogP contribution is 2.36. The number of nitrogens with one attached hydrogen (secondary N) is 1. The van der Waals surface area contributed by atoms with E-state index in [4.69, 9.17) is 14.7 Å². The molecular formula is C28H29F3N6O2S. The maximum Gasteiger partial charge on any atom is 0.416 e. The minimum Gasteiger partial charge on any atom is -0.437 e. The number of halogens is 3. The van der Waals surface area contributed by atoms with Gasteiger partial charge in [-0.2, -0.15) is 18.2 Å². The van der Waals surface area contributed by atoms with Crippen LogP contribution in [0, 0.1) is 0 Å².